The van der Waals surface area contributed by atoms with Gasteiger partial charge in [0.2, 0.25) is 0 Å². The summed E-state index contributed by atoms with van der Waals surface area (Å²) >= 11 is 8.96. The lowest BCUT2D eigenvalue weighted by atomic mass is 9.99. The van der Waals surface area contributed by atoms with Crippen molar-refractivity contribution in [3.8, 4) is 11.8 Å². The Morgan fingerprint density at radius 2 is 0.833 bits per heavy atom. The SMILES string of the molecule is CCCCc1c(I)sc(C#Cc2sc(I)c(CCCC)c2CCCC)c1CCCC. The van der Waals surface area contributed by atoms with Gasteiger partial charge < -0.3 is 0 Å². The van der Waals surface area contributed by atoms with Crippen molar-refractivity contribution in [2.75, 3.05) is 0 Å². The van der Waals surface area contributed by atoms with E-state index in [0.717, 1.165) is 0 Å². The van der Waals surface area contributed by atoms with Gasteiger partial charge in [-0.2, -0.15) is 0 Å². The van der Waals surface area contributed by atoms with Gasteiger partial charge in [0.05, 0.1) is 15.5 Å². The average molecular weight is 667 g/mol. The zero-order chi connectivity index (χ0) is 21.9. The zero-order valence-electron chi connectivity index (χ0n) is 19.1. The molecule has 0 aromatic carbocycles. The van der Waals surface area contributed by atoms with Crippen molar-refractivity contribution in [2.24, 2.45) is 0 Å². The highest BCUT2D eigenvalue weighted by molar-refractivity contribution is 14.1. The van der Waals surface area contributed by atoms with Crippen molar-refractivity contribution in [3.05, 3.63) is 37.8 Å². The van der Waals surface area contributed by atoms with Crippen molar-refractivity contribution < 1.29 is 0 Å². The van der Waals surface area contributed by atoms with Crippen LogP contribution in [0, 0.1) is 17.6 Å². The molecule has 2 aromatic heterocycles. The minimum absolute atomic E-state index is 1.19. The molecule has 0 aliphatic heterocycles. The van der Waals surface area contributed by atoms with Crippen molar-refractivity contribution in [2.45, 2.75) is 105 Å². The highest BCUT2D eigenvalue weighted by atomic mass is 127. The van der Waals surface area contributed by atoms with E-state index in [1.54, 1.807) is 22.3 Å². The van der Waals surface area contributed by atoms with Gasteiger partial charge in [-0.3, -0.25) is 0 Å². The molecule has 30 heavy (non-hydrogen) atoms. The first-order valence-electron chi connectivity index (χ1n) is 11.7. The van der Waals surface area contributed by atoms with Crippen LogP contribution in [0.2, 0.25) is 0 Å². The summed E-state index contributed by atoms with van der Waals surface area (Å²) in [4.78, 5) is 2.66. The predicted molar refractivity (Wildman–Crippen MR) is 154 cm³/mol. The second-order valence-corrected chi connectivity index (χ2v) is 13.7. The van der Waals surface area contributed by atoms with E-state index in [0.29, 0.717) is 0 Å². The monoisotopic (exact) mass is 666 g/mol. The number of unbranched alkanes of at least 4 members (excludes halogenated alkanes) is 4. The van der Waals surface area contributed by atoms with Crippen LogP contribution < -0.4 is 0 Å². The van der Waals surface area contributed by atoms with E-state index >= 15 is 0 Å². The van der Waals surface area contributed by atoms with E-state index in [9.17, 15) is 0 Å². The molecule has 4 heteroatoms. The summed E-state index contributed by atoms with van der Waals surface area (Å²) in [5.41, 5.74) is 6.30. The third kappa shape index (κ3) is 7.49. The molecule has 0 fully saturated rings. The minimum Gasteiger partial charge on any atom is -0.120 e. The van der Waals surface area contributed by atoms with Crippen molar-refractivity contribution in [1.82, 2.24) is 0 Å². The Balaban J connectivity index is 2.42. The molecule has 0 aliphatic carbocycles. The predicted octanol–water partition coefficient (Wildman–Crippen LogP) is 9.79. The second-order valence-electron chi connectivity index (χ2n) is 7.99. The first kappa shape index (κ1) is 26.7. The molecule has 0 aliphatic rings. The molecule has 0 spiro atoms. The quantitative estimate of drug-likeness (QED) is 0.156. The Bertz CT molecular complexity index is 780. The molecule has 0 bridgehead atoms. The Hall–Kier alpha value is 0.420. The topological polar surface area (TPSA) is 0 Å². The lowest BCUT2D eigenvalue weighted by Gasteiger charge is -2.05. The second kappa shape index (κ2) is 14.5. The van der Waals surface area contributed by atoms with Crippen LogP contribution in [0.25, 0.3) is 0 Å². The number of hydrogen-bond donors (Lipinski definition) is 0. The van der Waals surface area contributed by atoms with Gasteiger partial charge in [0, 0.05) is 0 Å². The van der Waals surface area contributed by atoms with Crippen LogP contribution in [0.4, 0.5) is 0 Å². The fraction of sp³-hybridized carbons (Fsp3) is 0.615. The Morgan fingerprint density at radius 1 is 0.533 bits per heavy atom. The van der Waals surface area contributed by atoms with Crippen LogP contribution >= 0.6 is 67.9 Å². The highest BCUT2D eigenvalue weighted by Crippen LogP contribution is 2.34. The summed E-state index contributed by atoms with van der Waals surface area (Å²) in [6.07, 6.45) is 14.9. The normalized spacial score (nSPS) is 11.0. The average Bonchev–Trinajstić information content (AvgIpc) is 3.20. The van der Waals surface area contributed by atoms with E-state index < -0.39 is 0 Å². The molecule has 0 saturated carbocycles. The molecule has 0 atom stereocenters. The van der Waals surface area contributed by atoms with Gasteiger partial charge in [0.1, 0.15) is 0 Å². The molecule has 0 nitrogen and oxygen atoms in total. The van der Waals surface area contributed by atoms with Crippen LogP contribution in [0.3, 0.4) is 0 Å². The summed E-state index contributed by atoms with van der Waals surface area (Å²) in [5.74, 6) is 7.32. The van der Waals surface area contributed by atoms with E-state index in [4.69, 9.17) is 0 Å². The maximum atomic E-state index is 3.66. The van der Waals surface area contributed by atoms with Gasteiger partial charge in [-0.1, -0.05) is 53.4 Å². The minimum atomic E-state index is 1.19. The summed E-state index contributed by atoms with van der Waals surface area (Å²) in [6, 6.07) is 0. The molecule has 0 unspecified atom stereocenters. The van der Waals surface area contributed by atoms with E-state index in [1.165, 1.54) is 92.6 Å². The van der Waals surface area contributed by atoms with Gasteiger partial charge in [0.25, 0.3) is 0 Å². The molecule has 0 saturated heterocycles. The fourth-order valence-electron chi connectivity index (χ4n) is 3.69. The molecule has 166 valence electrons. The molecule has 0 amide bonds. The van der Waals surface area contributed by atoms with Gasteiger partial charge >= 0.3 is 0 Å². The molecule has 0 radical (unpaired) electrons. The molecular formula is C26H36I2S2. The van der Waals surface area contributed by atoms with Crippen LogP contribution in [0.1, 0.15) is 111 Å². The number of hydrogen-bond acceptors (Lipinski definition) is 2. The van der Waals surface area contributed by atoms with Crippen LogP contribution in [0.15, 0.2) is 0 Å². The zero-order valence-corrected chi connectivity index (χ0v) is 25.0. The van der Waals surface area contributed by atoms with E-state index in [-0.39, 0.29) is 0 Å². The van der Waals surface area contributed by atoms with Gasteiger partial charge in [-0.25, -0.2) is 0 Å². The maximum absolute atomic E-state index is 3.66. The number of rotatable bonds is 12. The Labute approximate surface area is 220 Å². The molecule has 2 heterocycles. The first-order valence-corrected chi connectivity index (χ1v) is 15.5. The summed E-state index contributed by atoms with van der Waals surface area (Å²) < 4.78 is 2.93. The van der Waals surface area contributed by atoms with Crippen molar-refractivity contribution in [1.29, 1.82) is 0 Å². The molecule has 0 N–H and O–H groups in total. The highest BCUT2D eigenvalue weighted by Gasteiger charge is 2.17. The molecule has 2 rings (SSSR count). The standard InChI is InChI=1S/C26H36I2S2/c1-5-9-13-19-21(15-11-7-3)25(27)29-23(19)17-18-24-20(14-10-6-2)22(16-12-8-4)26(28)30-24/h5-16H2,1-4H3. The summed E-state index contributed by atoms with van der Waals surface area (Å²) in [5, 5.41) is 0. The van der Waals surface area contributed by atoms with Crippen molar-refractivity contribution in [3.63, 3.8) is 0 Å². The van der Waals surface area contributed by atoms with Crippen LogP contribution in [0.5, 0.6) is 0 Å². The third-order valence-electron chi connectivity index (χ3n) is 5.55. The Kier molecular flexibility index (Phi) is 12.9. The summed E-state index contributed by atoms with van der Waals surface area (Å²) in [6.45, 7) is 9.16. The lowest BCUT2D eigenvalue weighted by molar-refractivity contribution is 0.759. The smallest absolute Gasteiger partial charge is 0.0818 e. The van der Waals surface area contributed by atoms with Gasteiger partial charge in [-0.05, 0) is 131 Å². The number of thiophene rings is 2. The van der Waals surface area contributed by atoms with Crippen molar-refractivity contribution >= 4 is 67.9 Å². The maximum Gasteiger partial charge on any atom is 0.0818 e. The van der Waals surface area contributed by atoms with Gasteiger partial charge in [0.15, 0.2) is 0 Å². The first-order chi connectivity index (χ1) is 14.6. The van der Waals surface area contributed by atoms with Crippen LogP contribution in [-0.2, 0) is 25.7 Å². The number of halogens is 2. The van der Waals surface area contributed by atoms with E-state index in [2.05, 4.69) is 84.7 Å². The molecule has 2 aromatic rings. The fourth-order valence-corrected chi connectivity index (χ4v) is 8.16. The Morgan fingerprint density at radius 3 is 1.13 bits per heavy atom. The van der Waals surface area contributed by atoms with Gasteiger partial charge in [-0.15, -0.1) is 22.7 Å². The summed E-state index contributed by atoms with van der Waals surface area (Å²) in [7, 11) is 0. The molecular weight excluding hydrogens is 630 g/mol. The van der Waals surface area contributed by atoms with Crippen LogP contribution in [-0.4, -0.2) is 0 Å². The lowest BCUT2D eigenvalue weighted by Crippen LogP contribution is -1.95. The van der Waals surface area contributed by atoms with E-state index in [1.807, 2.05) is 22.7 Å². The largest absolute Gasteiger partial charge is 0.120 e. The third-order valence-corrected chi connectivity index (χ3v) is 10.1.